The molecule has 0 radical (unpaired) electrons. The summed E-state index contributed by atoms with van der Waals surface area (Å²) in [7, 11) is 0. The molecule has 1 aromatic heterocycles. The first-order valence-corrected chi connectivity index (χ1v) is 13.7. The molecule has 1 saturated heterocycles. The van der Waals surface area contributed by atoms with E-state index in [9.17, 15) is 10.2 Å². The molecular formula is C27H44N4O3. The topological polar surface area (TPSA) is 81.1 Å². The largest absolute Gasteiger partial charge is 0.493 e. The van der Waals surface area contributed by atoms with E-state index in [1.807, 2.05) is 19.2 Å². The second kappa shape index (κ2) is 10.7. The molecule has 1 atom stereocenters. The summed E-state index contributed by atoms with van der Waals surface area (Å²) in [5, 5.41) is 24.4. The minimum absolute atomic E-state index is 0.288. The van der Waals surface area contributed by atoms with E-state index in [2.05, 4.69) is 20.1 Å². The first-order valence-electron chi connectivity index (χ1n) is 13.7. The number of ether oxygens (including phenoxy) is 1. The van der Waals surface area contributed by atoms with Crippen LogP contribution in [0, 0.1) is 11.8 Å². The van der Waals surface area contributed by atoms with E-state index in [1.165, 1.54) is 44.2 Å². The number of nitrogens with zero attached hydrogens (tertiary/aromatic N) is 3. The molecule has 3 heterocycles. The van der Waals surface area contributed by atoms with Crippen LogP contribution in [0.1, 0.15) is 70.3 Å². The molecule has 0 spiro atoms. The van der Waals surface area contributed by atoms with E-state index < -0.39 is 11.8 Å². The molecule has 3 fully saturated rings. The molecule has 0 bridgehead atoms. The maximum absolute atomic E-state index is 10.7. The number of aliphatic hydroxyl groups is 2. The third-order valence-corrected chi connectivity index (χ3v) is 8.93. The van der Waals surface area contributed by atoms with Crippen LogP contribution in [0.3, 0.4) is 0 Å². The average molecular weight is 473 g/mol. The van der Waals surface area contributed by atoms with E-state index in [1.54, 1.807) is 0 Å². The molecule has 1 aromatic rings. The molecule has 34 heavy (non-hydrogen) atoms. The standard InChI is InChI=1S/C27H44N4O3/c1-27(33)11-6-21(7-12-27)26(32)29-22-4-2-20(3-5-22)9-14-30-15-17-31(18-16-30)25-23-10-19-34-24(23)8-13-28-25/h8,13,20-22,26,29,32-33H,2-7,9-12,14-19H2,1H3. The number of aromatic nitrogens is 1. The summed E-state index contributed by atoms with van der Waals surface area (Å²) in [6.45, 7) is 8.24. The molecule has 4 aliphatic rings. The number of hydrogen-bond donors (Lipinski definition) is 3. The van der Waals surface area contributed by atoms with Crippen LogP contribution in [0.5, 0.6) is 5.75 Å². The number of anilines is 1. The van der Waals surface area contributed by atoms with Crippen LogP contribution in [0.4, 0.5) is 5.82 Å². The van der Waals surface area contributed by atoms with Gasteiger partial charge in [0.15, 0.2) is 0 Å². The number of piperazine rings is 1. The highest BCUT2D eigenvalue weighted by Gasteiger charge is 2.33. The van der Waals surface area contributed by atoms with Gasteiger partial charge >= 0.3 is 0 Å². The highest BCUT2D eigenvalue weighted by Crippen LogP contribution is 2.35. The van der Waals surface area contributed by atoms with Crippen molar-refractivity contribution in [3.63, 3.8) is 0 Å². The summed E-state index contributed by atoms with van der Waals surface area (Å²) in [5.74, 6) is 3.27. The van der Waals surface area contributed by atoms with Crippen molar-refractivity contribution < 1.29 is 14.9 Å². The van der Waals surface area contributed by atoms with Crippen LogP contribution < -0.4 is 15.0 Å². The van der Waals surface area contributed by atoms with Gasteiger partial charge in [-0.15, -0.1) is 0 Å². The minimum Gasteiger partial charge on any atom is -0.493 e. The normalized spacial score (nSPS) is 33.4. The van der Waals surface area contributed by atoms with Gasteiger partial charge in [0.25, 0.3) is 0 Å². The van der Waals surface area contributed by atoms with Crippen LogP contribution in [-0.2, 0) is 6.42 Å². The number of pyridine rings is 1. The molecule has 190 valence electrons. The molecule has 0 aromatic carbocycles. The van der Waals surface area contributed by atoms with Crippen LogP contribution in [0.25, 0.3) is 0 Å². The van der Waals surface area contributed by atoms with E-state index in [4.69, 9.17) is 4.74 Å². The molecular weight excluding hydrogens is 428 g/mol. The lowest BCUT2D eigenvalue weighted by molar-refractivity contribution is -0.0309. The number of rotatable bonds is 7. The Kier molecular flexibility index (Phi) is 7.64. The van der Waals surface area contributed by atoms with Gasteiger partial charge in [-0.3, -0.25) is 10.2 Å². The smallest absolute Gasteiger partial charge is 0.135 e. The summed E-state index contributed by atoms with van der Waals surface area (Å²) >= 11 is 0. The van der Waals surface area contributed by atoms with Crippen LogP contribution in [0.15, 0.2) is 12.3 Å². The van der Waals surface area contributed by atoms with Crippen molar-refractivity contribution >= 4 is 5.82 Å². The third-order valence-electron chi connectivity index (χ3n) is 8.93. The predicted octanol–water partition coefficient (Wildman–Crippen LogP) is 2.94. The molecule has 5 rings (SSSR count). The van der Waals surface area contributed by atoms with Gasteiger partial charge in [-0.25, -0.2) is 4.98 Å². The molecule has 0 amide bonds. The number of aliphatic hydroxyl groups excluding tert-OH is 1. The Hall–Kier alpha value is -1.41. The van der Waals surface area contributed by atoms with Crippen molar-refractivity contribution in [2.45, 2.75) is 89.0 Å². The predicted molar refractivity (Wildman–Crippen MR) is 134 cm³/mol. The van der Waals surface area contributed by atoms with Gasteiger partial charge in [-0.1, -0.05) is 0 Å². The highest BCUT2D eigenvalue weighted by molar-refractivity contribution is 5.55. The SMILES string of the molecule is CC1(O)CCC(C(O)NC2CCC(CCN3CCN(c4nccc5c4CCO5)CC3)CC2)CC1. The Bertz CT molecular complexity index is 793. The molecule has 7 heteroatoms. The average Bonchev–Trinajstić information content (AvgIpc) is 3.33. The Labute approximate surface area is 204 Å². The Balaban J connectivity index is 0.987. The van der Waals surface area contributed by atoms with Gasteiger partial charge in [-0.2, -0.15) is 0 Å². The van der Waals surface area contributed by atoms with Gasteiger partial charge in [-0.05, 0) is 89.2 Å². The first kappa shape index (κ1) is 24.3. The maximum Gasteiger partial charge on any atom is 0.135 e. The lowest BCUT2D eigenvalue weighted by Gasteiger charge is -2.38. The van der Waals surface area contributed by atoms with Crippen molar-refractivity contribution in [1.82, 2.24) is 15.2 Å². The van der Waals surface area contributed by atoms with Gasteiger partial charge in [0.2, 0.25) is 0 Å². The fraction of sp³-hybridized carbons (Fsp3) is 0.815. The Morgan fingerprint density at radius 3 is 2.59 bits per heavy atom. The van der Waals surface area contributed by atoms with Gasteiger partial charge in [0.05, 0.1) is 12.2 Å². The second-order valence-electron chi connectivity index (χ2n) is 11.5. The summed E-state index contributed by atoms with van der Waals surface area (Å²) in [6, 6.07) is 2.44. The molecule has 7 nitrogen and oxygen atoms in total. The minimum atomic E-state index is -0.533. The maximum atomic E-state index is 10.7. The Morgan fingerprint density at radius 2 is 1.85 bits per heavy atom. The van der Waals surface area contributed by atoms with Crippen LogP contribution in [-0.4, -0.2) is 77.3 Å². The third kappa shape index (κ3) is 5.86. The van der Waals surface area contributed by atoms with Crippen molar-refractivity contribution in [1.29, 1.82) is 0 Å². The molecule has 1 unspecified atom stereocenters. The van der Waals surface area contributed by atoms with Crippen molar-refractivity contribution in [2.75, 3.05) is 44.2 Å². The van der Waals surface area contributed by atoms with E-state index in [0.29, 0.717) is 6.04 Å². The number of hydrogen-bond acceptors (Lipinski definition) is 7. The fourth-order valence-electron chi connectivity index (χ4n) is 6.49. The van der Waals surface area contributed by atoms with Crippen molar-refractivity contribution in [3.8, 4) is 5.75 Å². The quantitative estimate of drug-likeness (QED) is 0.527. The molecule has 3 N–H and O–H groups in total. The zero-order valence-corrected chi connectivity index (χ0v) is 20.9. The second-order valence-corrected chi connectivity index (χ2v) is 11.5. The van der Waals surface area contributed by atoms with Crippen molar-refractivity contribution in [3.05, 3.63) is 17.8 Å². The highest BCUT2D eigenvalue weighted by atomic mass is 16.5. The number of fused-ring (bicyclic) bond motifs is 1. The summed E-state index contributed by atoms with van der Waals surface area (Å²) < 4.78 is 5.72. The Morgan fingerprint density at radius 1 is 1.12 bits per heavy atom. The monoisotopic (exact) mass is 472 g/mol. The first-order chi connectivity index (χ1) is 16.5. The number of nitrogens with one attached hydrogen (secondary N) is 1. The fourth-order valence-corrected chi connectivity index (χ4v) is 6.49. The summed E-state index contributed by atoms with van der Waals surface area (Å²) in [6.07, 6.45) is 12.1. The van der Waals surface area contributed by atoms with E-state index in [-0.39, 0.29) is 5.92 Å². The van der Waals surface area contributed by atoms with Gasteiger partial charge < -0.3 is 19.8 Å². The molecule has 2 aliphatic heterocycles. The van der Waals surface area contributed by atoms with E-state index >= 15 is 0 Å². The van der Waals surface area contributed by atoms with Crippen LogP contribution in [0.2, 0.25) is 0 Å². The van der Waals surface area contributed by atoms with Crippen molar-refractivity contribution in [2.24, 2.45) is 11.8 Å². The summed E-state index contributed by atoms with van der Waals surface area (Å²) in [5.41, 5.74) is 0.760. The molecule has 2 saturated carbocycles. The van der Waals surface area contributed by atoms with Gasteiger partial charge in [0.1, 0.15) is 17.8 Å². The molecule has 2 aliphatic carbocycles. The summed E-state index contributed by atoms with van der Waals surface area (Å²) in [4.78, 5) is 9.75. The zero-order valence-electron chi connectivity index (χ0n) is 20.9. The lowest BCUT2D eigenvalue weighted by Crippen LogP contribution is -2.48. The van der Waals surface area contributed by atoms with E-state index in [0.717, 1.165) is 82.4 Å². The van der Waals surface area contributed by atoms with Crippen LogP contribution >= 0.6 is 0 Å². The lowest BCUT2D eigenvalue weighted by atomic mass is 9.78. The zero-order chi connectivity index (χ0) is 23.5. The van der Waals surface area contributed by atoms with Gasteiger partial charge in [0, 0.05) is 50.4 Å².